The minimum Gasteiger partial charge on any atom is -0.381 e. The number of anilines is 1. The molecule has 0 heterocycles. The predicted octanol–water partition coefficient (Wildman–Crippen LogP) is 4.20. The van der Waals surface area contributed by atoms with Crippen molar-refractivity contribution in [2.75, 3.05) is 5.32 Å². The summed E-state index contributed by atoms with van der Waals surface area (Å²) in [4.78, 5) is 0. The molecule has 0 saturated carbocycles. The smallest absolute Gasteiger partial charge is 0.125 e. The molecule has 0 saturated heterocycles. The van der Waals surface area contributed by atoms with Crippen LogP contribution in [0, 0.1) is 5.82 Å². The predicted molar refractivity (Wildman–Crippen MR) is 67.9 cm³/mol. The van der Waals surface area contributed by atoms with E-state index < -0.39 is 0 Å². The summed E-state index contributed by atoms with van der Waals surface area (Å²) in [7, 11) is 0. The standard InChI is InChI=1S/C13H11BrFN/c14-13-7-2-1-4-10(13)9-16-12-6-3-5-11(15)8-12/h1-8,16H,9H2. The number of hydrogen-bond acceptors (Lipinski definition) is 1. The van der Waals surface area contributed by atoms with Gasteiger partial charge in [0.05, 0.1) is 0 Å². The van der Waals surface area contributed by atoms with Gasteiger partial charge in [-0.15, -0.1) is 0 Å². The van der Waals surface area contributed by atoms with Crippen molar-refractivity contribution < 1.29 is 4.39 Å². The molecule has 0 amide bonds. The molecule has 0 aliphatic rings. The average molecular weight is 280 g/mol. The van der Waals surface area contributed by atoms with Gasteiger partial charge in [0.15, 0.2) is 0 Å². The van der Waals surface area contributed by atoms with E-state index in [0.717, 1.165) is 15.7 Å². The molecular formula is C13H11BrFN. The fourth-order valence-electron chi connectivity index (χ4n) is 1.44. The van der Waals surface area contributed by atoms with Crippen molar-refractivity contribution in [3.63, 3.8) is 0 Å². The largest absolute Gasteiger partial charge is 0.381 e. The molecule has 0 bridgehead atoms. The van der Waals surface area contributed by atoms with Crippen LogP contribution in [0.15, 0.2) is 53.0 Å². The molecule has 0 atom stereocenters. The first kappa shape index (κ1) is 11.1. The van der Waals surface area contributed by atoms with Crippen molar-refractivity contribution in [3.05, 3.63) is 64.4 Å². The van der Waals surface area contributed by atoms with Crippen molar-refractivity contribution in [1.82, 2.24) is 0 Å². The van der Waals surface area contributed by atoms with Crippen molar-refractivity contribution >= 4 is 21.6 Å². The van der Waals surface area contributed by atoms with Crippen molar-refractivity contribution in [1.29, 1.82) is 0 Å². The highest BCUT2D eigenvalue weighted by atomic mass is 79.9. The quantitative estimate of drug-likeness (QED) is 0.888. The fraction of sp³-hybridized carbons (Fsp3) is 0.0769. The van der Waals surface area contributed by atoms with Gasteiger partial charge in [0.25, 0.3) is 0 Å². The zero-order valence-corrected chi connectivity index (χ0v) is 10.2. The summed E-state index contributed by atoms with van der Waals surface area (Å²) < 4.78 is 14.0. The Labute approximate surface area is 102 Å². The Hall–Kier alpha value is -1.35. The molecule has 0 spiro atoms. The molecule has 0 aliphatic carbocycles. The highest BCUT2D eigenvalue weighted by Gasteiger charge is 1.98. The van der Waals surface area contributed by atoms with Crippen molar-refractivity contribution in [2.24, 2.45) is 0 Å². The molecule has 1 N–H and O–H groups in total. The Morgan fingerprint density at radius 2 is 1.88 bits per heavy atom. The maximum atomic E-state index is 12.9. The van der Waals surface area contributed by atoms with Gasteiger partial charge in [-0.05, 0) is 29.8 Å². The molecule has 2 rings (SSSR count). The van der Waals surface area contributed by atoms with E-state index in [1.165, 1.54) is 12.1 Å². The first-order valence-electron chi connectivity index (χ1n) is 4.98. The van der Waals surface area contributed by atoms with E-state index >= 15 is 0 Å². The number of halogens is 2. The third-order valence-electron chi connectivity index (χ3n) is 2.27. The summed E-state index contributed by atoms with van der Waals surface area (Å²) in [6, 6.07) is 14.4. The van der Waals surface area contributed by atoms with Gasteiger partial charge >= 0.3 is 0 Å². The Morgan fingerprint density at radius 3 is 2.62 bits per heavy atom. The zero-order valence-electron chi connectivity index (χ0n) is 8.58. The summed E-state index contributed by atoms with van der Waals surface area (Å²) in [6.45, 7) is 0.672. The van der Waals surface area contributed by atoms with Crippen LogP contribution in [-0.4, -0.2) is 0 Å². The molecule has 3 heteroatoms. The van der Waals surface area contributed by atoms with E-state index in [9.17, 15) is 4.39 Å². The number of rotatable bonds is 3. The molecule has 2 aromatic carbocycles. The van der Waals surface area contributed by atoms with Crippen LogP contribution in [0.4, 0.5) is 10.1 Å². The Morgan fingerprint density at radius 1 is 1.06 bits per heavy atom. The summed E-state index contributed by atoms with van der Waals surface area (Å²) in [6.07, 6.45) is 0. The lowest BCUT2D eigenvalue weighted by molar-refractivity contribution is 0.628. The summed E-state index contributed by atoms with van der Waals surface area (Å²) in [5, 5.41) is 3.17. The average Bonchev–Trinajstić information content (AvgIpc) is 2.28. The van der Waals surface area contributed by atoms with Gasteiger partial charge in [-0.25, -0.2) is 4.39 Å². The van der Waals surface area contributed by atoms with Crippen LogP contribution in [-0.2, 0) is 6.54 Å². The molecule has 0 aromatic heterocycles. The van der Waals surface area contributed by atoms with Crippen LogP contribution in [0.2, 0.25) is 0 Å². The van der Waals surface area contributed by atoms with Crippen LogP contribution in [0.3, 0.4) is 0 Å². The van der Waals surface area contributed by atoms with E-state index in [1.807, 2.05) is 30.3 Å². The monoisotopic (exact) mass is 279 g/mol. The minimum absolute atomic E-state index is 0.225. The molecule has 2 aromatic rings. The molecule has 0 radical (unpaired) electrons. The van der Waals surface area contributed by atoms with Gasteiger partial charge in [-0.3, -0.25) is 0 Å². The Bertz CT molecular complexity index is 485. The summed E-state index contributed by atoms with van der Waals surface area (Å²) in [5.74, 6) is -0.225. The lowest BCUT2D eigenvalue weighted by atomic mass is 10.2. The molecule has 1 nitrogen and oxygen atoms in total. The lowest BCUT2D eigenvalue weighted by Crippen LogP contribution is -2.00. The maximum absolute atomic E-state index is 12.9. The van der Waals surface area contributed by atoms with Crippen LogP contribution >= 0.6 is 15.9 Å². The van der Waals surface area contributed by atoms with E-state index in [-0.39, 0.29) is 5.82 Å². The number of hydrogen-bond donors (Lipinski definition) is 1. The number of benzene rings is 2. The minimum atomic E-state index is -0.225. The second-order valence-electron chi connectivity index (χ2n) is 3.46. The molecular weight excluding hydrogens is 269 g/mol. The third kappa shape index (κ3) is 2.83. The van der Waals surface area contributed by atoms with E-state index in [1.54, 1.807) is 6.07 Å². The highest BCUT2D eigenvalue weighted by Crippen LogP contribution is 2.17. The van der Waals surface area contributed by atoms with E-state index in [0.29, 0.717) is 6.54 Å². The van der Waals surface area contributed by atoms with Gasteiger partial charge in [-0.1, -0.05) is 40.2 Å². The molecule has 0 aliphatic heterocycles. The van der Waals surface area contributed by atoms with Gasteiger partial charge in [0, 0.05) is 16.7 Å². The van der Waals surface area contributed by atoms with Gasteiger partial charge in [0.1, 0.15) is 5.82 Å². The van der Waals surface area contributed by atoms with E-state index in [2.05, 4.69) is 21.2 Å². The van der Waals surface area contributed by atoms with E-state index in [4.69, 9.17) is 0 Å². The topological polar surface area (TPSA) is 12.0 Å². The van der Waals surface area contributed by atoms with Gasteiger partial charge in [-0.2, -0.15) is 0 Å². The molecule has 0 fully saturated rings. The van der Waals surface area contributed by atoms with Crippen LogP contribution < -0.4 is 5.32 Å². The summed E-state index contributed by atoms with van der Waals surface area (Å²) >= 11 is 3.47. The lowest BCUT2D eigenvalue weighted by Gasteiger charge is -2.07. The van der Waals surface area contributed by atoms with Crippen LogP contribution in [0.5, 0.6) is 0 Å². The second kappa shape index (κ2) is 5.12. The normalized spacial score (nSPS) is 10.1. The van der Waals surface area contributed by atoms with Gasteiger partial charge < -0.3 is 5.32 Å². The van der Waals surface area contributed by atoms with Crippen molar-refractivity contribution in [3.8, 4) is 0 Å². The Balaban J connectivity index is 2.05. The second-order valence-corrected chi connectivity index (χ2v) is 4.31. The number of nitrogens with one attached hydrogen (secondary N) is 1. The van der Waals surface area contributed by atoms with Crippen LogP contribution in [0.1, 0.15) is 5.56 Å². The highest BCUT2D eigenvalue weighted by molar-refractivity contribution is 9.10. The maximum Gasteiger partial charge on any atom is 0.125 e. The Kier molecular flexibility index (Phi) is 3.57. The molecule has 0 unspecified atom stereocenters. The van der Waals surface area contributed by atoms with Gasteiger partial charge in [0.2, 0.25) is 0 Å². The van der Waals surface area contributed by atoms with Crippen molar-refractivity contribution in [2.45, 2.75) is 6.54 Å². The molecule has 16 heavy (non-hydrogen) atoms. The first-order valence-corrected chi connectivity index (χ1v) is 5.78. The van der Waals surface area contributed by atoms with Crippen LogP contribution in [0.25, 0.3) is 0 Å². The first-order chi connectivity index (χ1) is 7.75. The SMILES string of the molecule is Fc1cccc(NCc2ccccc2Br)c1. The summed E-state index contributed by atoms with van der Waals surface area (Å²) in [5.41, 5.74) is 1.93. The zero-order chi connectivity index (χ0) is 11.4. The third-order valence-corrected chi connectivity index (χ3v) is 3.04. The fourth-order valence-corrected chi connectivity index (χ4v) is 1.86. The molecule has 82 valence electrons.